The Kier molecular flexibility index (Phi) is 5.31. The van der Waals surface area contributed by atoms with E-state index >= 15 is 0 Å². The van der Waals surface area contributed by atoms with Crippen LogP contribution >= 0.6 is 0 Å². The van der Waals surface area contributed by atoms with E-state index in [0.717, 1.165) is 10.9 Å². The van der Waals surface area contributed by atoms with Gasteiger partial charge in [-0.1, -0.05) is 43.3 Å². The van der Waals surface area contributed by atoms with Crippen molar-refractivity contribution < 1.29 is 9.53 Å². The van der Waals surface area contributed by atoms with Crippen molar-refractivity contribution in [2.75, 3.05) is 20.3 Å². The zero-order valence-corrected chi connectivity index (χ0v) is 12.5. The number of nitrogens with two attached hydrogens (primary N) is 1. The molecule has 2 atom stereocenters. The van der Waals surface area contributed by atoms with Crippen LogP contribution in [-0.2, 0) is 9.53 Å². The van der Waals surface area contributed by atoms with Gasteiger partial charge in [0, 0.05) is 13.7 Å². The van der Waals surface area contributed by atoms with Crippen molar-refractivity contribution >= 4 is 16.7 Å². The van der Waals surface area contributed by atoms with Crippen molar-refractivity contribution in [1.82, 2.24) is 5.32 Å². The lowest BCUT2D eigenvalue weighted by Gasteiger charge is -2.20. The third-order valence-electron chi connectivity index (χ3n) is 3.59. The molecule has 0 heterocycles. The molecule has 0 aliphatic heterocycles. The van der Waals surface area contributed by atoms with Gasteiger partial charge in [0.2, 0.25) is 5.91 Å². The highest BCUT2D eigenvalue weighted by Crippen LogP contribution is 2.20. The maximum atomic E-state index is 12.1. The average Bonchev–Trinajstić information content (AvgIpc) is 2.52. The topological polar surface area (TPSA) is 64.3 Å². The second-order valence-corrected chi connectivity index (χ2v) is 5.26. The van der Waals surface area contributed by atoms with Gasteiger partial charge < -0.3 is 15.8 Å². The number of carbonyl (C=O) groups is 1. The minimum atomic E-state index is -0.190. The molecule has 0 saturated carbocycles. The third-order valence-corrected chi connectivity index (χ3v) is 3.59. The average molecular weight is 286 g/mol. The number of methoxy groups -OCH3 is 1. The number of hydrogen-bond acceptors (Lipinski definition) is 3. The van der Waals surface area contributed by atoms with Crippen LogP contribution in [-0.4, -0.2) is 26.2 Å². The maximum Gasteiger partial charge on any atom is 0.225 e. The van der Waals surface area contributed by atoms with Crippen LogP contribution in [0.5, 0.6) is 0 Å². The predicted molar refractivity (Wildman–Crippen MR) is 84.9 cm³/mol. The van der Waals surface area contributed by atoms with Crippen molar-refractivity contribution in [1.29, 1.82) is 0 Å². The minimum Gasteiger partial charge on any atom is -0.384 e. The van der Waals surface area contributed by atoms with Crippen molar-refractivity contribution in [2.24, 2.45) is 11.7 Å². The first-order valence-corrected chi connectivity index (χ1v) is 7.13. The molecule has 2 aromatic carbocycles. The lowest BCUT2D eigenvalue weighted by molar-refractivity contribution is -0.126. The molecule has 0 aromatic heterocycles. The molecule has 0 radical (unpaired) electrons. The summed E-state index contributed by atoms with van der Waals surface area (Å²) in [5.41, 5.74) is 6.85. The van der Waals surface area contributed by atoms with Crippen molar-refractivity contribution in [2.45, 2.75) is 13.0 Å². The summed E-state index contributed by atoms with van der Waals surface area (Å²) in [4.78, 5) is 12.1. The molecule has 2 rings (SSSR count). The summed E-state index contributed by atoms with van der Waals surface area (Å²) in [5, 5.41) is 5.31. The number of nitrogens with one attached hydrogen (secondary N) is 1. The van der Waals surface area contributed by atoms with Gasteiger partial charge >= 0.3 is 0 Å². The van der Waals surface area contributed by atoms with Gasteiger partial charge in [-0.3, -0.25) is 4.79 Å². The Bertz CT molecular complexity index is 613. The Balaban J connectivity index is 2.17. The minimum absolute atomic E-state index is 0.0412. The van der Waals surface area contributed by atoms with Gasteiger partial charge in [0.25, 0.3) is 0 Å². The largest absolute Gasteiger partial charge is 0.384 e. The van der Waals surface area contributed by atoms with Crippen LogP contribution < -0.4 is 11.1 Å². The van der Waals surface area contributed by atoms with E-state index in [1.807, 2.05) is 25.1 Å². The molecule has 3 N–H and O–H groups in total. The lowest BCUT2D eigenvalue weighted by Crippen LogP contribution is -2.37. The van der Waals surface area contributed by atoms with E-state index in [1.54, 1.807) is 7.11 Å². The van der Waals surface area contributed by atoms with E-state index in [0.29, 0.717) is 13.2 Å². The maximum absolute atomic E-state index is 12.1. The van der Waals surface area contributed by atoms with Gasteiger partial charge in [-0.2, -0.15) is 0 Å². The monoisotopic (exact) mass is 286 g/mol. The molecule has 112 valence electrons. The van der Waals surface area contributed by atoms with E-state index in [-0.39, 0.29) is 17.9 Å². The number of rotatable bonds is 6. The molecule has 0 spiro atoms. The Morgan fingerprint density at radius 3 is 2.62 bits per heavy atom. The normalized spacial score (nSPS) is 13.9. The van der Waals surface area contributed by atoms with Gasteiger partial charge in [-0.05, 0) is 22.4 Å². The molecule has 4 heteroatoms. The standard InChI is InChI=1S/C17H22N2O2/c1-12(11-21-2)17(20)19-16(10-18)15-8-7-13-5-3-4-6-14(13)9-15/h3-9,12,16H,10-11,18H2,1-2H3,(H,19,20). The Hall–Kier alpha value is -1.91. The lowest BCUT2D eigenvalue weighted by atomic mass is 10.0. The summed E-state index contributed by atoms with van der Waals surface area (Å²) in [6, 6.07) is 14.1. The van der Waals surface area contributed by atoms with E-state index in [4.69, 9.17) is 10.5 Å². The number of fused-ring (bicyclic) bond motifs is 1. The molecule has 0 aliphatic carbocycles. The molecule has 0 fully saturated rings. The molecule has 21 heavy (non-hydrogen) atoms. The van der Waals surface area contributed by atoms with E-state index < -0.39 is 0 Å². The third kappa shape index (κ3) is 3.80. The van der Waals surface area contributed by atoms with Gasteiger partial charge in [-0.15, -0.1) is 0 Å². The fourth-order valence-corrected chi connectivity index (χ4v) is 2.34. The first kappa shape index (κ1) is 15.5. The van der Waals surface area contributed by atoms with E-state index in [2.05, 4.69) is 29.6 Å². The van der Waals surface area contributed by atoms with Gasteiger partial charge in [0.15, 0.2) is 0 Å². The number of hydrogen-bond donors (Lipinski definition) is 2. The number of benzene rings is 2. The van der Waals surface area contributed by atoms with Gasteiger partial charge in [0.1, 0.15) is 0 Å². The molecule has 0 aliphatic rings. The molecular formula is C17H22N2O2. The molecule has 0 saturated heterocycles. The molecule has 2 unspecified atom stereocenters. The summed E-state index contributed by atoms with van der Waals surface area (Å²) < 4.78 is 5.01. The smallest absolute Gasteiger partial charge is 0.225 e. The second-order valence-electron chi connectivity index (χ2n) is 5.26. The van der Waals surface area contributed by atoms with Gasteiger partial charge in [0.05, 0.1) is 18.6 Å². The van der Waals surface area contributed by atoms with Crippen LogP contribution in [0.2, 0.25) is 0 Å². The predicted octanol–water partition coefficient (Wildman–Crippen LogP) is 2.24. The van der Waals surface area contributed by atoms with Gasteiger partial charge in [-0.25, -0.2) is 0 Å². The zero-order chi connectivity index (χ0) is 15.2. The second kappa shape index (κ2) is 7.20. The summed E-state index contributed by atoms with van der Waals surface area (Å²) >= 11 is 0. The van der Waals surface area contributed by atoms with Crippen molar-refractivity contribution in [3.63, 3.8) is 0 Å². The highest BCUT2D eigenvalue weighted by atomic mass is 16.5. The van der Waals surface area contributed by atoms with Crippen molar-refractivity contribution in [3.05, 3.63) is 48.0 Å². The molecule has 4 nitrogen and oxygen atoms in total. The Labute approximate surface area is 125 Å². The fourth-order valence-electron chi connectivity index (χ4n) is 2.34. The summed E-state index contributed by atoms with van der Waals surface area (Å²) in [6.07, 6.45) is 0. The van der Waals surface area contributed by atoms with Crippen LogP contribution in [0.25, 0.3) is 10.8 Å². The zero-order valence-electron chi connectivity index (χ0n) is 12.5. The number of amides is 1. The molecule has 2 aromatic rings. The van der Waals surface area contributed by atoms with Crippen LogP contribution in [0.4, 0.5) is 0 Å². The summed E-state index contributed by atoms with van der Waals surface area (Å²) in [5.74, 6) is -0.232. The summed E-state index contributed by atoms with van der Waals surface area (Å²) in [6.45, 7) is 2.61. The molecular weight excluding hydrogens is 264 g/mol. The van der Waals surface area contributed by atoms with Crippen LogP contribution in [0.3, 0.4) is 0 Å². The number of ether oxygens (including phenoxy) is 1. The summed E-state index contributed by atoms with van der Waals surface area (Å²) in [7, 11) is 1.59. The molecule has 1 amide bonds. The quantitative estimate of drug-likeness (QED) is 0.856. The fraction of sp³-hybridized carbons (Fsp3) is 0.353. The van der Waals surface area contributed by atoms with E-state index in [9.17, 15) is 4.79 Å². The van der Waals surface area contributed by atoms with Crippen LogP contribution in [0.1, 0.15) is 18.5 Å². The van der Waals surface area contributed by atoms with Crippen LogP contribution in [0, 0.1) is 5.92 Å². The SMILES string of the molecule is COCC(C)C(=O)NC(CN)c1ccc2ccccc2c1. The molecule has 0 bridgehead atoms. The van der Waals surface area contributed by atoms with E-state index in [1.165, 1.54) is 5.39 Å². The van der Waals surface area contributed by atoms with Crippen LogP contribution in [0.15, 0.2) is 42.5 Å². The Morgan fingerprint density at radius 2 is 1.95 bits per heavy atom. The van der Waals surface area contributed by atoms with Crippen molar-refractivity contribution in [3.8, 4) is 0 Å². The first-order chi connectivity index (χ1) is 10.2. The Morgan fingerprint density at radius 1 is 1.24 bits per heavy atom. The first-order valence-electron chi connectivity index (χ1n) is 7.13. The highest BCUT2D eigenvalue weighted by Gasteiger charge is 2.18. The highest BCUT2D eigenvalue weighted by molar-refractivity contribution is 5.83. The number of carbonyl (C=O) groups excluding carboxylic acids is 1.